The molecule has 1 amide bonds. The molecule has 2 atom stereocenters. The van der Waals surface area contributed by atoms with E-state index in [1.54, 1.807) is 0 Å². The Morgan fingerprint density at radius 2 is 1.79 bits per heavy atom. The van der Waals surface area contributed by atoms with E-state index in [0.29, 0.717) is 31.8 Å². The van der Waals surface area contributed by atoms with Gasteiger partial charge in [-0.25, -0.2) is 9.97 Å². The van der Waals surface area contributed by atoms with Crippen LogP contribution < -0.4 is 15.5 Å². The predicted molar refractivity (Wildman–Crippen MR) is 155 cm³/mol. The molecule has 1 saturated carbocycles. The highest BCUT2D eigenvalue weighted by molar-refractivity contribution is 6.03. The lowest BCUT2D eigenvalue weighted by Gasteiger charge is -2.38. The number of rotatable bonds is 8. The van der Waals surface area contributed by atoms with E-state index in [0.717, 1.165) is 48.3 Å². The molecule has 2 aliphatic carbocycles. The van der Waals surface area contributed by atoms with Crippen molar-refractivity contribution in [1.82, 2.24) is 20.6 Å². The van der Waals surface area contributed by atoms with Gasteiger partial charge in [-0.05, 0) is 49.7 Å². The summed E-state index contributed by atoms with van der Waals surface area (Å²) in [6, 6.07) is 9.06. The fraction of sp³-hybridized carbons (Fsp3) is 0.438. The lowest BCUT2D eigenvalue weighted by atomic mass is 9.79. The van der Waals surface area contributed by atoms with Crippen molar-refractivity contribution in [1.29, 1.82) is 5.41 Å². The minimum absolute atomic E-state index is 0.00521. The van der Waals surface area contributed by atoms with Crippen LogP contribution in [0.4, 0.5) is 18.9 Å². The molecule has 7 nitrogen and oxygen atoms in total. The summed E-state index contributed by atoms with van der Waals surface area (Å²) in [7, 11) is 0. The molecule has 0 bridgehead atoms. The number of hydrogen-bond donors (Lipinski definition) is 3. The van der Waals surface area contributed by atoms with Crippen LogP contribution in [0, 0.1) is 17.2 Å². The summed E-state index contributed by atoms with van der Waals surface area (Å²) in [5.41, 5.74) is 2.58. The molecule has 220 valence electrons. The monoisotopic (exact) mass is 576 g/mol. The first-order chi connectivity index (χ1) is 20.3. The predicted octanol–water partition coefficient (Wildman–Crippen LogP) is 6.11. The number of allylic oxidation sites excluding steroid dienone is 4. The summed E-state index contributed by atoms with van der Waals surface area (Å²) in [5.74, 6) is -1.79. The Morgan fingerprint density at radius 3 is 2.40 bits per heavy atom. The van der Waals surface area contributed by atoms with Gasteiger partial charge in [0.15, 0.2) is 0 Å². The fourth-order valence-electron chi connectivity index (χ4n) is 6.17. The second kappa shape index (κ2) is 11.7. The first kappa shape index (κ1) is 28.2. The van der Waals surface area contributed by atoms with E-state index in [4.69, 9.17) is 5.41 Å². The summed E-state index contributed by atoms with van der Waals surface area (Å²) >= 11 is 0. The fourth-order valence-corrected chi connectivity index (χ4v) is 6.17. The van der Waals surface area contributed by atoms with Crippen molar-refractivity contribution in [2.24, 2.45) is 11.8 Å². The van der Waals surface area contributed by atoms with Gasteiger partial charge in [0.1, 0.15) is 11.6 Å². The number of amides is 1. The van der Waals surface area contributed by atoms with Crippen LogP contribution in [-0.2, 0) is 4.79 Å². The van der Waals surface area contributed by atoms with Crippen LogP contribution in [-0.4, -0.2) is 40.9 Å². The largest absolute Gasteiger partial charge is 0.396 e. The number of halogens is 3. The Kier molecular flexibility index (Phi) is 7.88. The molecule has 2 fully saturated rings. The number of benzene rings is 1. The number of hydrogen-bond acceptors (Lipinski definition) is 6. The van der Waals surface area contributed by atoms with Crippen molar-refractivity contribution in [3.05, 3.63) is 89.3 Å². The Balaban J connectivity index is 1.28. The van der Waals surface area contributed by atoms with Gasteiger partial charge in [0.25, 0.3) is 0 Å². The molecule has 2 aliphatic heterocycles. The van der Waals surface area contributed by atoms with E-state index in [-0.39, 0.29) is 23.0 Å². The zero-order valence-corrected chi connectivity index (χ0v) is 23.3. The topological polar surface area (TPSA) is 94.0 Å². The minimum Gasteiger partial charge on any atom is -0.369 e. The Hall–Kier alpha value is -3.95. The van der Waals surface area contributed by atoms with Gasteiger partial charge in [0.2, 0.25) is 5.91 Å². The van der Waals surface area contributed by atoms with Crippen LogP contribution in [0.5, 0.6) is 0 Å². The third-order valence-corrected chi connectivity index (χ3v) is 8.66. The van der Waals surface area contributed by atoms with E-state index in [9.17, 15) is 18.0 Å². The zero-order valence-electron chi connectivity index (χ0n) is 23.3. The normalized spacial score (nSPS) is 22.5. The van der Waals surface area contributed by atoms with E-state index in [2.05, 4.69) is 25.5 Å². The number of piperidine rings is 1. The molecule has 0 spiro atoms. The summed E-state index contributed by atoms with van der Waals surface area (Å²) < 4.78 is 43.4. The Morgan fingerprint density at radius 1 is 1.07 bits per heavy atom. The molecule has 42 heavy (non-hydrogen) atoms. The molecule has 6 rings (SSSR count). The maximum atomic E-state index is 14.5. The Labute approximate surface area is 243 Å². The lowest BCUT2D eigenvalue weighted by Crippen LogP contribution is -2.48. The molecular weight excluding hydrogens is 541 g/mol. The van der Waals surface area contributed by atoms with E-state index in [1.165, 1.54) is 0 Å². The van der Waals surface area contributed by atoms with Gasteiger partial charge in [0, 0.05) is 42.6 Å². The summed E-state index contributed by atoms with van der Waals surface area (Å²) in [6.45, 7) is 1.17. The van der Waals surface area contributed by atoms with Gasteiger partial charge in [-0.3, -0.25) is 4.79 Å². The first-order valence-corrected chi connectivity index (χ1v) is 14.7. The number of nitrogens with zero attached hydrogens (tertiary/aromatic N) is 3. The average Bonchev–Trinajstić information content (AvgIpc) is 3.86. The average molecular weight is 577 g/mol. The summed E-state index contributed by atoms with van der Waals surface area (Å²) in [6.07, 6.45) is 9.09. The van der Waals surface area contributed by atoms with Crippen molar-refractivity contribution in [3.63, 3.8) is 0 Å². The van der Waals surface area contributed by atoms with Crippen molar-refractivity contribution >= 4 is 17.3 Å². The second-order valence-electron chi connectivity index (χ2n) is 11.6. The number of aromatic nitrogens is 2. The van der Waals surface area contributed by atoms with E-state index in [1.807, 2.05) is 61.0 Å². The number of alkyl halides is 3. The van der Waals surface area contributed by atoms with Crippen molar-refractivity contribution in [2.75, 3.05) is 18.0 Å². The molecule has 2 aromatic rings. The van der Waals surface area contributed by atoms with E-state index < -0.39 is 30.5 Å². The molecule has 3 heterocycles. The standard InChI is InChI=1S/C32H35F3N6O/c33-32(34,35)25-17-26(42)39-31(40-29(21-7-3-1-4-8-21)22-9-5-2-6-10-22)27(25)28(36)20-13-15-41(16-14-20)24-18-37-30(38-19-24)23-11-12-23/h1-5,7-9,18-20,23,25,29,36,40H,6,10-17H2,(H,39,42). The van der Waals surface area contributed by atoms with Crippen molar-refractivity contribution in [2.45, 2.75) is 63.1 Å². The van der Waals surface area contributed by atoms with Crippen LogP contribution in [0.1, 0.15) is 68.3 Å². The third-order valence-electron chi connectivity index (χ3n) is 8.66. The van der Waals surface area contributed by atoms with Gasteiger partial charge in [-0.15, -0.1) is 0 Å². The van der Waals surface area contributed by atoms with Crippen LogP contribution in [0.15, 0.2) is 77.9 Å². The van der Waals surface area contributed by atoms with Crippen LogP contribution >= 0.6 is 0 Å². The summed E-state index contributed by atoms with van der Waals surface area (Å²) in [5, 5.41) is 15.1. The van der Waals surface area contributed by atoms with Crippen LogP contribution in [0.2, 0.25) is 0 Å². The van der Waals surface area contributed by atoms with Crippen molar-refractivity contribution < 1.29 is 18.0 Å². The molecule has 3 N–H and O–H groups in total. The maximum Gasteiger partial charge on any atom is 0.396 e. The van der Waals surface area contributed by atoms with Gasteiger partial charge in [-0.1, -0.05) is 48.6 Å². The highest BCUT2D eigenvalue weighted by Gasteiger charge is 2.49. The molecular formula is C32H35F3N6O. The number of anilines is 1. The van der Waals surface area contributed by atoms with Crippen molar-refractivity contribution in [3.8, 4) is 0 Å². The second-order valence-corrected chi connectivity index (χ2v) is 11.6. The molecule has 10 heteroatoms. The van der Waals surface area contributed by atoms with Crippen LogP contribution in [0.3, 0.4) is 0 Å². The molecule has 1 saturated heterocycles. The molecule has 1 aromatic heterocycles. The number of nitrogens with one attached hydrogen (secondary N) is 3. The smallest absolute Gasteiger partial charge is 0.369 e. The zero-order chi connectivity index (χ0) is 29.3. The maximum absolute atomic E-state index is 14.5. The molecule has 2 unspecified atom stereocenters. The van der Waals surface area contributed by atoms with E-state index >= 15 is 0 Å². The SMILES string of the molecule is N=C(C1=C(NC(C2=CC=CCC2)c2ccccc2)NC(=O)CC1C(F)(F)F)C1CCN(c2cnc(C3CC3)nc2)CC1. The summed E-state index contributed by atoms with van der Waals surface area (Å²) in [4.78, 5) is 23.8. The minimum atomic E-state index is -4.66. The number of carbonyl (C=O) groups is 1. The highest BCUT2D eigenvalue weighted by atomic mass is 19.4. The van der Waals surface area contributed by atoms with Gasteiger partial charge < -0.3 is 20.9 Å². The lowest BCUT2D eigenvalue weighted by molar-refractivity contribution is -0.169. The van der Waals surface area contributed by atoms with Crippen LogP contribution in [0.25, 0.3) is 0 Å². The highest BCUT2D eigenvalue weighted by Crippen LogP contribution is 2.41. The molecule has 4 aliphatic rings. The van der Waals surface area contributed by atoms with Gasteiger partial charge in [0.05, 0.1) is 30.0 Å². The quantitative estimate of drug-likeness (QED) is 0.330. The van der Waals surface area contributed by atoms with Gasteiger partial charge in [-0.2, -0.15) is 13.2 Å². The first-order valence-electron chi connectivity index (χ1n) is 14.7. The van der Waals surface area contributed by atoms with Gasteiger partial charge >= 0.3 is 6.18 Å². The molecule has 1 aromatic carbocycles. The Bertz CT molecular complexity index is 1400. The molecule has 0 radical (unpaired) electrons. The number of carbonyl (C=O) groups excluding carboxylic acids is 1. The third kappa shape index (κ3) is 6.12.